The summed E-state index contributed by atoms with van der Waals surface area (Å²) in [4.78, 5) is 41.0. The highest BCUT2D eigenvalue weighted by Crippen LogP contribution is 2.51. The van der Waals surface area contributed by atoms with Gasteiger partial charge in [0, 0.05) is 13.5 Å². The van der Waals surface area contributed by atoms with Crippen molar-refractivity contribution in [2.24, 2.45) is 0 Å². The number of para-hydroxylation sites is 1. The Balaban J connectivity index is 1.22. The van der Waals surface area contributed by atoms with E-state index >= 15 is 0 Å². The van der Waals surface area contributed by atoms with E-state index in [1.54, 1.807) is 42.5 Å². The number of carbonyl (C=O) groups is 3. The van der Waals surface area contributed by atoms with Crippen molar-refractivity contribution in [3.63, 3.8) is 0 Å². The lowest BCUT2D eigenvalue weighted by Crippen LogP contribution is -2.47. The lowest BCUT2D eigenvalue weighted by atomic mass is 10.0. The van der Waals surface area contributed by atoms with Gasteiger partial charge in [0.05, 0.1) is 6.61 Å². The molecule has 0 fully saturated rings. The first-order chi connectivity index (χ1) is 29.7. The maximum Gasteiger partial charge on any atom is 0.416 e. The zero-order valence-electron chi connectivity index (χ0n) is 33.7. The van der Waals surface area contributed by atoms with Crippen LogP contribution in [0.4, 0.5) is 4.79 Å². The maximum absolute atomic E-state index is 14.5. The largest absolute Gasteiger partial charge is 0.485 e. The van der Waals surface area contributed by atoms with Crippen molar-refractivity contribution in [3.05, 3.63) is 198 Å². The van der Waals surface area contributed by atoms with Crippen molar-refractivity contribution in [3.8, 4) is 17.2 Å². The van der Waals surface area contributed by atoms with Crippen molar-refractivity contribution in [2.75, 3.05) is 19.9 Å². The van der Waals surface area contributed by atoms with Crippen molar-refractivity contribution < 1.29 is 46.9 Å². The fourth-order valence-electron chi connectivity index (χ4n) is 5.87. The quantitative estimate of drug-likeness (QED) is 0.0552. The van der Waals surface area contributed by atoms with Gasteiger partial charge in [-0.15, -0.1) is 0 Å². The third kappa shape index (κ3) is 14.4. The Morgan fingerprint density at radius 3 is 1.66 bits per heavy atom. The molecule has 0 radical (unpaired) electrons. The van der Waals surface area contributed by atoms with Gasteiger partial charge in [-0.05, 0) is 52.1 Å². The first kappa shape index (κ1) is 43.7. The highest BCUT2D eigenvalue weighted by Gasteiger charge is 2.31. The highest BCUT2D eigenvalue weighted by atomic mass is 31.2. The molecule has 0 aliphatic heterocycles. The van der Waals surface area contributed by atoms with E-state index in [1.807, 2.05) is 127 Å². The molecule has 61 heavy (non-hydrogen) atoms. The van der Waals surface area contributed by atoms with Crippen molar-refractivity contribution in [2.45, 2.75) is 38.9 Å². The van der Waals surface area contributed by atoms with Gasteiger partial charge in [-0.25, -0.2) is 14.2 Å². The molecular weight excluding hydrogens is 796 g/mol. The number of nitrogens with zero attached hydrogens (tertiary/aromatic N) is 1. The summed E-state index contributed by atoms with van der Waals surface area (Å²) in [5, 5.41) is 2.74. The van der Waals surface area contributed by atoms with Crippen molar-refractivity contribution >= 4 is 25.6 Å². The topological polar surface area (TPSA) is 139 Å². The van der Waals surface area contributed by atoms with Gasteiger partial charge in [0.1, 0.15) is 38.2 Å². The average Bonchev–Trinajstić information content (AvgIpc) is 3.30. The van der Waals surface area contributed by atoms with E-state index < -0.39 is 44.5 Å². The van der Waals surface area contributed by atoms with E-state index in [0.29, 0.717) is 11.3 Å². The molecule has 0 aromatic heterocycles. The molecule has 0 aliphatic carbocycles. The predicted octanol–water partition coefficient (Wildman–Crippen LogP) is 9.13. The summed E-state index contributed by atoms with van der Waals surface area (Å²) >= 11 is 0. The lowest BCUT2D eigenvalue weighted by molar-refractivity contribution is -0.149. The number of hydrogen-bond acceptors (Lipinski definition) is 10. The summed E-state index contributed by atoms with van der Waals surface area (Å²) in [5.41, 5.74) is 3.74. The standard InChI is InChI=1S/C48H47N2O10P/c1-50(48(53)57-34-39-21-11-4-12-22-39)31-46(51)49-43(47(52)56-33-38-19-9-3-10-20-38)29-41-27-28-44(45(30-41)55-32-37-17-7-2-8-18-37)60-61(54,36-58-42-25-15-6-16-26-42)59-35-40-23-13-5-14-24-40/h2-28,30,43H,29,31-36H2,1H3,(H,49,51)/t43-,61?/m0/s1. The first-order valence-corrected chi connectivity index (χ1v) is 21.3. The van der Waals surface area contributed by atoms with Gasteiger partial charge in [0.25, 0.3) is 0 Å². The summed E-state index contributed by atoms with van der Waals surface area (Å²) in [6, 6.07) is 49.7. The SMILES string of the molecule is CN(CC(=O)N[C@@H](Cc1ccc(OP(=O)(COc2ccccc2)OCc2ccccc2)c(OCc2ccccc2)c1)C(=O)OCc1ccccc1)C(=O)OCc1ccccc1. The Bertz CT molecular complexity index is 2290. The number of rotatable bonds is 21. The van der Waals surface area contributed by atoms with Gasteiger partial charge in [0.15, 0.2) is 11.5 Å². The van der Waals surface area contributed by atoms with Crippen LogP contribution in [-0.4, -0.2) is 48.9 Å². The molecule has 1 N–H and O–H groups in total. The number of carbonyl (C=O) groups excluding carboxylic acids is 3. The second-order valence-electron chi connectivity index (χ2n) is 13.9. The molecule has 0 bridgehead atoms. The molecule has 0 heterocycles. The number of hydrogen-bond donors (Lipinski definition) is 1. The summed E-state index contributed by atoms with van der Waals surface area (Å²) in [6.07, 6.45) is -1.15. The van der Waals surface area contributed by atoms with Crippen LogP contribution in [-0.2, 0) is 61.0 Å². The van der Waals surface area contributed by atoms with Gasteiger partial charge in [-0.3, -0.25) is 9.32 Å². The number of ether oxygens (including phenoxy) is 4. The van der Waals surface area contributed by atoms with Crippen LogP contribution in [0.2, 0.25) is 0 Å². The van der Waals surface area contributed by atoms with Gasteiger partial charge in [0.2, 0.25) is 12.3 Å². The number of esters is 1. The van der Waals surface area contributed by atoms with E-state index in [9.17, 15) is 18.9 Å². The van der Waals surface area contributed by atoms with Crippen LogP contribution in [0.25, 0.3) is 0 Å². The monoisotopic (exact) mass is 842 g/mol. The van der Waals surface area contributed by atoms with Crippen molar-refractivity contribution in [1.29, 1.82) is 0 Å². The maximum atomic E-state index is 14.5. The molecule has 0 spiro atoms. The lowest BCUT2D eigenvalue weighted by Gasteiger charge is -2.23. The van der Waals surface area contributed by atoms with E-state index in [0.717, 1.165) is 27.2 Å². The normalized spacial score (nSPS) is 12.2. The molecule has 0 aliphatic rings. The fourth-order valence-corrected chi connectivity index (χ4v) is 7.15. The number of likely N-dealkylation sites (N-methyl/N-ethyl adjacent to an activating group) is 1. The molecule has 13 heteroatoms. The van der Waals surface area contributed by atoms with Crippen LogP contribution < -0.4 is 19.3 Å². The van der Waals surface area contributed by atoms with Crippen LogP contribution in [0.1, 0.15) is 27.8 Å². The molecule has 314 valence electrons. The van der Waals surface area contributed by atoms with E-state index in [2.05, 4.69) is 5.32 Å². The Labute approximate surface area is 355 Å². The molecule has 0 saturated carbocycles. The van der Waals surface area contributed by atoms with Crippen LogP contribution >= 0.6 is 7.60 Å². The Morgan fingerprint density at radius 1 is 0.574 bits per heavy atom. The number of benzene rings is 6. The predicted molar refractivity (Wildman–Crippen MR) is 230 cm³/mol. The van der Waals surface area contributed by atoms with Gasteiger partial charge in [-0.1, -0.05) is 146 Å². The number of amides is 2. The molecule has 2 amide bonds. The molecule has 12 nitrogen and oxygen atoms in total. The minimum Gasteiger partial charge on any atom is -0.485 e. The zero-order chi connectivity index (χ0) is 42.7. The third-order valence-electron chi connectivity index (χ3n) is 9.07. The minimum absolute atomic E-state index is 0.0129. The molecule has 6 rings (SSSR count). The van der Waals surface area contributed by atoms with Crippen LogP contribution in [0, 0.1) is 0 Å². The highest BCUT2D eigenvalue weighted by molar-refractivity contribution is 7.54. The second-order valence-corrected chi connectivity index (χ2v) is 15.8. The summed E-state index contributed by atoms with van der Waals surface area (Å²) < 4.78 is 49.9. The van der Waals surface area contributed by atoms with Crippen LogP contribution in [0.3, 0.4) is 0 Å². The van der Waals surface area contributed by atoms with Gasteiger partial charge >= 0.3 is 19.7 Å². The van der Waals surface area contributed by atoms with E-state index in [1.165, 1.54) is 7.05 Å². The molecular formula is C48H47N2O10P. The smallest absolute Gasteiger partial charge is 0.416 e. The number of nitrogens with one attached hydrogen (secondary N) is 1. The molecule has 1 unspecified atom stereocenters. The Hall–Kier alpha value is -6.88. The first-order valence-electron chi connectivity index (χ1n) is 19.6. The molecule has 0 saturated heterocycles. The van der Waals surface area contributed by atoms with E-state index in [-0.39, 0.29) is 44.3 Å². The minimum atomic E-state index is -4.03. The van der Waals surface area contributed by atoms with Crippen LogP contribution in [0.15, 0.2) is 170 Å². The molecule has 6 aromatic carbocycles. The fraction of sp³-hybridized carbons (Fsp3) is 0.188. The summed E-state index contributed by atoms with van der Waals surface area (Å²) in [5.74, 6) is -0.524. The Kier molecular flexibility index (Phi) is 16.1. The second kappa shape index (κ2) is 22.5. The van der Waals surface area contributed by atoms with Gasteiger partial charge in [-0.2, -0.15) is 0 Å². The molecule has 2 atom stereocenters. The summed E-state index contributed by atoms with van der Waals surface area (Å²) in [7, 11) is -2.60. The molecule has 6 aromatic rings. The van der Waals surface area contributed by atoms with Crippen molar-refractivity contribution in [1.82, 2.24) is 10.2 Å². The third-order valence-corrected chi connectivity index (χ3v) is 10.5. The zero-order valence-corrected chi connectivity index (χ0v) is 34.6. The van der Waals surface area contributed by atoms with Gasteiger partial charge < -0.3 is 33.7 Å². The van der Waals surface area contributed by atoms with E-state index in [4.69, 9.17) is 28.0 Å². The average molecular weight is 843 g/mol. The van der Waals surface area contributed by atoms with Crippen LogP contribution in [0.5, 0.6) is 17.2 Å². The Morgan fingerprint density at radius 2 is 1.08 bits per heavy atom. The summed E-state index contributed by atoms with van der Waals surface area (Å²) in [6.45, 7) is -0.274.